The third-order valence-corrected chi connectivity index (χ3v) is 6.14. The van der Waals surface area contributed by atoms with Crippen LogP contribution in [-0.4, -0.2) is 17.8 Å². The summed E-state index contributed by atoms with van der Waals surface area (Å²) in [7, 11) is 0. The highest BCUT2D eigenvalue weighted by Crippen LogP contribution is 2.33. The van der Waals surface area contributed by atoms with Crippen LogP contribution in [0.4, 0.5) is 14.9 Å². The summed E-state index contributed by atoms with van der Waals surface area (Å²) < 4.78 is 20.0. The Morgan fingerprint density at radius 3 is 2.42 bits per heavy atom. The molecule has 1 fully saturated rings. The van der Waals surface area contributed by atoms with E-state index in [4.69, 9.17) is 16.3 Å². The van der Waals surface area contributed by atoms with Crippen LogP contribution in [0.25, 0.3) is 6.08 Å². The zero-order valence-corrected chi connectivity index (χ0v) is 21.1. The Kier molecular flexibility index (Phi) is 7.67. The van der Waals surface area contributed by atoms with E-state index in [1.807, 2.05) is 12.1 Å². The average Bonchev–Trinajstić information content (AvgIpc) is 2.83. The second kappa shape index (κ2) is 10.9. The first-order valence-electron chi connectivity index (χ1n) is 10.7. The molecule has 1 N–H and O–H groups in total. The predicted octanol–water partition coefficient (Wildman–Crippen LogP) is 6.22. The molecule has 1 aliphatic rings. The van der Waals surface area contributed by atoms with Gasteiger partial charge in [-0.25, -0.2) is 14.1 Å². The number of nitrogens with one attached hydrogen (secondary N) is 1. The fraction of sp³-hybridized carbons (Fsp3) is 0.0741. The SMILES string of the molecule is C=CCc1cc(/C=C2\C(=O)NC(=O)N(c3ccc(F)cc3)C2=O)cc(Br)c1OCc1ccc(Cl)cc1. The molecule has 182 valence electrons. The second-order valence-electron chi connectivity index (χ2n) is 7.83. The molecule has 6 nitrogen and oxygen atoms in total. The van der Waals surface area contributed by atoms with E-state index in [1.54, 1.807) is 30.3 Å². The summed E-state index contributed by atoms with van der Waals surface area (Å²) in [4.78, 5) is 38.8. The molecule has 36 heavy (non-hydrogen) atoms. The van der Waals surface area contributed by atoms with Gasteiger partial charge < -0.3 is 4.74 Å². The molecule has 0 radical (unpaired) electrons. The number of allylic oxidation sites excluding steroid dienone is 1. The van der Waals surface area contributed by atoms with E-state index in [9.17, 15) is 18.8 Å². The van der Waals surface area contributed by atoms with Gasteiger partial charge in [0.1, 0.15) is 23.7 Å². The normalized spacial score (nSPS) is 14.7. The van der Waals surface area contributed by atoms with Gasteiger partial charge in [-0.1, -0.05) is 29.8 Å². The number of hydrogen-bond donors (Lipinski definition) is 1. The first kappa shape index (κ1) is 25.3. The maximum Gasteiger partial charge on any atom is 0.335 e. The number of benzene rings is 3. The zero-order chi connectivity index (χ0) is 25.8. The van der Waals surface area contributed by atoms with Gasteiger partial charge in [0.2, 0.25) is 0 Å². The van der Waals surface area contributed by atoms with E-state index in [2.05, 4.69) is 27.8 Å². The Labute approximate surface area is 220 Å². The number of imide groups is 2. The Balaban J connectivity index is 1.65. The Morgan fingerprint density at radius 1 is 1.06 bits per heavy atom. The highest BCUT2D eigenvalue weighted by Gasteiger charge is 2.36. The van der Waals surface area contributed by atoms with Crippen molar-refractivity contribution >= 4 is 57.1 Å². The number of amides is 4. The molecule has 3 aromatic rings. The molecule has 0 unspecified atom stereocenters. The van der Waals surface area contributed by atoms with Crippen molar-refractivity contribution in [1.29, 1.82) is 0 Å². The number of carbonyl (C=O) groups excluding carboxylic acids is 3. The lowest BCUT2D eigenvalue weighted by atomic mass is 10.0. The molecule has 1 aliphatic heterocycles. The molecule has 4 amide bonds. The van der Waals surface area contributed by atoms with Crippen LogP contribution in [-0.2, 0) is 22.6 Å². The van der Waals surface area contributed by atoms with Gasteiger partial charge >= 0.3 is 6.03 Å². The van der Waals surface area contributed by atoms with Crippen LogP contribution < -0.4 is 15.0 Å². The lowest BCUT2D eigenvalue weighted by molar-refractivity contribution is -0.122. The van der Waals surface area contributed by atoms with E-state index in [0.717, 1.165) is 28.2 Å². The molecular formula is C27H19BrClFN2O4. The summed E-state index contributed by atoms with van der Waals surface area (Å²) in [5, 5.41) is 2.78. The van der Waals surface area contributed by atoms with Crippen molar-refractivity contribution in [2.24, 2.45) is 0 Å². The van der Waals surface area contributed by atoms with Crippen molar-refractivity contribution in [2.75, 3.05) is 4.90 Å². The molecule has 0 aliphatic carbocycles. The largest absolute Gasteiger partial charge is 0.487 e. The van der Waals surface area contributed by atoms with Gasteiger partial charge in [-0.15, -0.1) is 6.58 Å². The monoisotopic (exact) mass is 568 g/mol. The minimum atomic E-state index is -0.909. The van der Waals surface area contributed by atoms with E-state index < -0.39 is 23.7 Å². The third kappa shape index (κ3) is 5.56. The van der Waals surface area contributed by atoms with E-state index in [-0.39, 0.29) is 11.3 Å². The van der Waals surface area contributed by atoms with Crippen LogP contribution in [0.3, 0.4) is 0 Å². The van der Waals surface area contributed by atoms with Gasteiger partial charge in [0.05, 0.1) is 10.2 Å². The van der Waals surface area contributed by atoms with Crippen molar-refractivity contribution in [3.63, 3.8) is 0 Å². The molecule has 0 spiro atoms. The fourth-order valence-corrected chi connectivity index (χ4v) is 4.37. The van der Waals surface area contributed by atoms with Crippen molar-refractivity contribution in [3.05, 3.63) is 111 Å². The number of rotatable bonds is 7. The van der Waals surface area contributed by atoms with Crippen molar-refractivity contribution in [3.8, 4) is 5.75 Å². The Morgan fingerprint density at radius 2 is 1.75 bits per heavy atom. The van der Waals surface area contributed by atoms with Crippen LogP contribution in [0.15, 0.2) is 83.4 Å². The van der Waals surface area contributed by atoms with Gasteiger partial charge in [-0.3, -0.25) is 14.9 Å². The number of urea groups is 1. The molecule has 0 bridgehead atoms. The Bertz CT molecular complexity index is 1390. The van der Waals surface area contributed by atoms with Gasteiger partial charge in [-0.05, 0) is 93.6 Å². The minimum Gasteiger partial charge on any atom is -0.487 e. The number of carbonyl (C=O) groups is 3. The fourth-order valence-electron chi connectivity index (χ4n) is 3.61. The molecule has 0 atom stereocenters. The lowest BCUT2D eigenvalue weighted by Crippen LogP contribution is -2.54. The molecule has 0 saturated carbocycles. The molecule has 4 rings (SSSR count). The highest BCUT2D eigenvalue weighted by molar-refractivity contribution is 9.10. The second-order valence-corrected chi connectivity index (χ2v) is 9.12. The van der Waals surface area contributed by atoms with Gasteiger partial charge in [0, 0.05) is 5.02 Å². The highest BCUT2D eigenvalue weighted by atomic mass is 79.9. The topological polar surface area (TPSA) is 75.7 Å². The first-order chi connectivity index (χ1) is 17.3. The molecule has 0 aromatic heterocycles. The summed E-state index contributed by atoms with van der Waals surface area (Å²) >= 11 is 9.46. The summed E-state index contributed by atoms with van der Waals surface area (Å²) in [6.07, 6.45) is 3.56. The maximum atomic E-state index is 13.3. The summed E-state index contributed by atoms with van der Waals surface area (Å²) in [6.45, 7) is 4.09. The van der Waals surface area contributed by atoms with Crippen molar-refractivity contribution < 1.29 is 23.5 Å². The summed E-state index contributed by atoms with van der Waals surface area (Å²) in [5.41, 5.74) is 2.12. The predicted molar refractivity (Wildman–Crippen MR) is 139 cm³/mol. The minimum absolute atomic E-state index is 0.136. The lowest BCUT2D eigenvalue weighted by Gasteiger charge is -2.26. The molecular weight excluding hydrogens is 551 g/mol. The van der Waals surface area contributed by atoms with E-state index >= 15 is 0 Å². The number of nitrogens with zero attached hydrogens (tertiary/aromatic N) is 1. The molecule has 3 aromatic carbocycles. The molecule has 1 saturated heterocycles. The number of anilines is 1. The quantitative estimate of drug-likeness (QED) is 0.208. The smallest absolute Gasteiger partial charge is 0.335 e. The number of ether oxygens (including phenoxy) is 1. The van der Waals surface area contributed by atoms with Crippen molar-refractivity contribution in [2.45, 2.75) is 13.0 Å². The number of halogens is 3. The van der Waals surface area contributed by atoms with Gasteiger partial charge in [0.25, 0.3) is 11.8 Å². The standard InChI is InChI=1S/C27H19BrClFN2O4/c1-2-3-18-12-17(14-23(28)24(18)36-15-16-4-6-19(29)7-5-16)13-22-25(33)31-27(35)32(26(22)34)21-10-8-20(30)9-11-21/h2,4-14H,1,3,15H2,(H,31,33,35)/b22-13+. The van der Waals surface area contributed by atoms with Crippen LogP contribution in [0.1, 0.15) is 16.7 Å². The summed E-state index contributed by atoms with van der Waals surface area (Å²) in [5.74, 6) is -1.57. The van der Waals surface area contributed by atoms with Crippen LogP contribution in [0, 0.1) is 5.82 Å². The van der Waals surface area contributed by atoms with Crippen molar-refractivity contribution in [1.82, 2.24) is 5.32 Å². The van der Waals surface area contributed by atoms with Gasteiger partial charge in [-0.2, -0.15) is 0 Å². The zero-order valence-electron chi connectivity index (χ0n) is 18.8. The van der Waals surface area contributed by atoms with Crippen LogP contribution >= 0.6 is 27.5 Å². The van der Waals surface area contributed by atoms with Crippen LogP contribution in [0.5, 0.6) is 5.75 Å². The number of barbiturate groups is 1. The Hall–Kier alpha value is -3.75. The average molecular weight is 570 g/mol. The summed E-state index contributed by atoms with van der Waals surface area (Å²) in [6, 6.07) is 14.7. The van der Waals surface area contributed by atoms with Crippen LogP contribution in [0.2, 0.25) is 5.02 Å². The number of hydrogen-bond acceptors (Lipinski definition) is 4. The molecule has 1 heterocycles. The third-order valence-electron chi connectivity index (χ3n) is 5.30. The van der Waals surface area contributed by atoms with Gasteiger partial charge in [0.15, 0.2) is 0 Å². The van der Waals surface area contributed by atoms with E-state index in [0.29, 0.717) is 33.8 Å². The van der Waals surface area contributed by atoms with E-state index in [1.165, 1.54) is 18.2 Å². The maximum absolute atomic E-state index is 13.3. The molecule has 9 heteroatoms. The first-order valence-corrected chi connectivity index (χ1v) is 11.9.